The Bertz CT molecular complexity index is 88.2. The molecule has 0 aromatic rings. The van der Waals surface area contributed by atoms with E-state index < -0.39 is 0 Å². The van der Waals surface area contributed by atoms with Crippen LogP contribution in [0.5, 0.6) is 0 Å². The van der Waals surface area contributed by atoms with Crippen LogP contribution in [0.2, 0.25) is 0 Å². The van der Waals surface area contributed by atoms with Gasteiger partial charge in [0.2, 0.25) is 0 Å². The average Bonchev–Trinajstić information content (AvgIpc) is 2.21. The standard InChI is InChI=1S/C7H16.C7H14/c2*1-3-5-7-6-4-2/h3-7H2,1-2H3;3,5H,4,6-7H2,1-2H3/b;5-3+. The van der Waals surface area contributed by atoms with E-state index in [1.54, 1.807) is 0 Å². The fourth-order valence-corrected chi connectivity index (χ4v) is 1.17. The Labute approximate surface area is 91.8 Å². The first-order valence-electron chi connectivity index (χ1n) is 6.44. The van der Waals surface area contributed by atoms with Gasteiger partial charge in [0.25, 0.3) is 0 Å². The molecule has 0 saturated heterocycles. The van der Waals surface area contributed by atoms with Gasteiger partial charge in [-0.2, -0.15) is 0 Å². The Morgan fingerprint density at radius 2 is 1.21 bits per heavy atom. The molecule has 0 bridgehead atoms. The Hall–Kier alpha value is -0.260. The van der Waals surface area contributed by atoms with Gasteiger partial charge in [-0.1, -0.05) is 77.9 Å². The van der Waals surface area contributed by atoms with Gasteiger partial charge < -0.3 is 0 Å². The van der Waals surface area contributed by atoms with Gasteiger partial charge >= 0.3 is 0 Å². The summed E-state index contributed by atoms with van der Waals surface area (Å²) < 4.78 is 0. The minimum Gasteiger partial charge on any atom is -0.0917 e. The summed E-state index contributed by atoms with van der Waals surface area (Å²) in [4.78, 5) is 0. The molecule has 0 rings (SSSR count). The highest BCUT2D eigenvalue weighted by Crippen LogP contribution is 2.00. The van der Waals surface area contributed by atoms with Gasteiger partial charge in [0.1, 0.15) is 0 Å². The van der Waals surface area contributed by atoms with E-state index in [0.717, 1.165) is 0 Å². The van der Waals surface area contributed by atoms with E-state index in [9.17, 15) is 0 Å². The number of hydrogen-bond donors (Lipinski definition) is 0. The molecule has 86 valence electrons. The van der Waals surface area contributed by atoms with Gasteiger partial charge in [0.05, 0.1) is 0 Å². The fourth-order valence-electron chi connectivity index (χ4n) is 1.17. The van der Waals surface area contributed by atoms with E-state index in [1.165, 1.54) is 51.4 Å². The third-order valence-electron chi connectivity index (χ3n) is 2.17. The quantitative estimate of drug-likeness (QED) is 0.362. The van der Waals surface area contributed by atoms with Crippen LogP contribution < -0.4 is 0 Å². The molecule has 0 fully saturated rings. The topological polar surface area (TPSA) is 0 Å². The van der Waals surface area contributed by atoms with Crippen molar-refractivity contribution in [3.8, 4) is 0 Å². The number of unbranched alkanes of at least 4 members (excludes halogenated alkanes) is 6. The number of allylic oxidation sites excluding steroid dienone is 2. The molecule has 0 saturated carbocycles. The second kappa shape index (κ2) is 18.5. The van der Waals surface area contributed by atoms with Gasteiger partial charge in [-0.15, -0.1) is 0 Å². The molecule has 0 nitrogen and oxygen atoms in total. The lowest BCUT2D eigenvalue weighted by atomic mass is 10.2. The molecule has 14 heavy (non-hydrogen) atoms. The summed E-state index contributed by atoms with van der Waals surface area (Å²) >= 11 is 0. The molecular formula is C14H30. The van der Waals surface area contributed by atoms with E-state index >= 15 is 0 Å². The van der Waals surface area contributed by atoms with Gasteiger partial charge in [0, 0.05) is 0 Å². The summed E-state index contributed by atoms with van der Waals surface area (Å²) in [6, 6.07) is 0. The van der Waals surface area contributed by atoms with Crippen LogP contribution in [0.25, 0.3) is 0 Å². The first kappa shape index (κ1) is 16.2. The zero-order valence-electron chi connectivity index (χ0n) is 10.8. The zero-order valence-corrected chi connectivity index (χ0v) is 10.8. The summed E-state index contributed by atoms with van der Waals surface area (Å²) in [6.45, 7) is 8.77. The van der Waals surface area contributed by atoms with Crippen LogP contribution in [-0.2, 0) is 0 Å². The summed E-state index contributed by atoms with van der Waals surface area (Å²) in [5.74, 6) is 0. The third kappa shape index (κ3) is 22.6. The molecule has 0 aliphatic rings. The molecule has 0 atom stereocenters. The summed E-state index contributed by atoms with van der Waals surface area (Å²) in [5.41, 5.74) is 0. The molecular weight excluding hydrogens is 168 g/mol. The van der Waals surface area contributed by atoms with Crippen molar-refractivity contribution >= 4 is 0 Å². The molecule has 0 N–H and O–H groups in total. The summed E-state index contributed by atoms with van der Waals surface area (Å²) in [7, 11) is 0. The molecule has 0 aliphatic carbocycles. The van der Waals surface area contributed by atoms with Crippen LogP contribution in [0.3, 0.4) is 0 Å². The lowest BCUT2D eigenvalue weighted by Crippen LogP contribution is -1.70. The highest BCUT2D eigenvalue weighted by molar-refractivity contribution is 4.75. The second-order valence-corrected chi connectivity index (χ2v) is 3.77. The molecule has 0 aliphatic heterocycles. The van der Waals surface area contributed by atoms with Crippen LogP contribution in [0.4, 0.5) is 0 Å². The lowest BCUT2D eigenvalue weighted by Gasteiger charge is -1.90. The monoisotopic (exact) mass is 198 g/mol. The van der Waals surface area contributed by atoms with E-state index in [0.29, 0.717) is 0 Å². The predicted molar refractivity (Wildman–Crippen MR) is 68.8 cm³/mol. The molecule has 0 heteroatoms. The maximum absolute atomic E-state index is 2.25. The number of rotatable bonds is 7. The molecule has 0 spiro atoms. The Kier molecular flexibility index (Phi) is 21.4. The zero-order chi connectivity index (χ0) is 11.1. The molecule has 0 amide bonds. The molecule has 0 aromatic heterocycles. The minimum absolute atomic E-state index is 1.26. The number of hydrogen-bond acceptors (Lipinski definition) is 0. The van der Waals surface area contributed by atoms with E-state index in [-0.39, 0.29) is 0 Å². The molecule has 0 heterocycles. The summed E-state index contributed by atoms with van der Waals surface area (Å²) in [5, 5.41) is 0. The van der Waals surface area contributed by atoms with Crippen molar-refractivity contribution in [2.75, 3.05) is 0 Å². The van der Waals surface area contributed by atoms with Crippen molar-refractivity contribution in [3.63, 3.8) is 0 Å². The first-order chi connectivity index (χ1) is 6.83. The third-order valence-corrected chi connectivity index (χ3v) is 2.17. The van der Waals surface area contributed by atoms with Crippen molar-refractivity contribution in [3.05, 3.63) is 12.2 Å². The van der Waals surface area contributed by atoms with E-state index in [1.807, 2.05) is 0 Å². The largest absolute Gasteiger partial charge is 0.0917 e. The Morgan fingerprint density at radius 1 is 0.714 bits per heavy atom. The predicted octanol–water partition coefficient (Wildman–Crippen LogP) is 5.73. The average molecular weight is 198 g/mol. The van der Waals surface area contributed by atoms with Crippen LogP contribution >= 0.6 is 0 Å². The van der Waals surface area contributed by atoms with Crippen LogP contribution in [0.1, 0.15) is 79.1 Å². The Morgan fingerprint density at radius 3 is 1.57 bits per heavy atom. The van der Waals surface area contributed by atoms with Gasteiger partial charge in [-0.3, -0.25) is 0 Å². The molecule has 0 radical (unpaired) electrons. The highest BCUT2D eigenvalue weighted by atomic mass is 13.9. The lowest BCUT2D eigenvalue weighted by molar-refractivity contribution is 0.656. The molecule has 0 aromatic carbocycles. The van der Waals surface area contributed by atoms with Gasteiger partial charge in [-0.05, 0) is 13.3 Å². The van der Waals surface area contributed by atoms with Crippen molar-refractivity contribution < 1.29 is 0 Å². The SMILES string of the molecule is C/C=C/CCCC.CCCCCCC. The van der Waals surface area contributed by atoms with Crippen molar-refractivity contribution in [2.24, 2.45) is 0 Å². The van der Waals surface area contributed by atoms with Crippen LogP contribution in [0, 0.1) is 0 Å². The highest BCUT2D eigenvalue weighted by Gasteiger charge is 1.80. The van der Waals surface area contributed by atoms with Crippen molar-refractivity contribution in [2.45, 2.75) is 79.1 Å². The van der Waals surface area contributed by atoms with Crippen LogP contribution in [0.15, 0.2) is 12.2 Å². The fraction of sp³-hybridized carbons (Fsp3) is 0.857. The summed E-state index contributed by atoms with van der Waals surface area (Å²) in [6.07, 6.45) is 15.2. The Balaban J connectivity index is 0. The normalized spacial score (nSPS) is 10.0. The van der Waals surface area contributed by atoms with Gasteiger partial charge in [-0.25, -0.2) is 0 Å². The van der Waals surface area contributed by atoms with Crippen LogP contribution in [-0.4, -0.2) is 0 Å². The maximum atomic E-state index is 2.25. The maximum Gasteiger partial charge on any atom is -0.0351 e. The minimum atomic E-state index is 1.26. The van der Waals surface area contributed by atoms with Gasteiger partial charge in [0.15, 0.2) is 0 Å². The van der Waals surface area contributed by atoms with E-state index in [4.69, 9.17) is 0 Å². The van der Waals surface area contributed by atoms with Crippen molar-refractivity contribution in [1.82, 2.24) is 0 Å². The first-order valence-corrected chi connectivity index (χ1v) is 6.44. The van der Waals surface area contributed by atoms with E-state index in [2.05, 4.69) is 39.8 Å². The molecule has 0 unspecified atom stereocenters. The second-order valence-electron chi connectivity index (χ2n) is 3.77. The van der Waals surface area contributed by atoms with Crippen molar-refractivity contribution in [1.29, 1.82) is 0 Å². The smallest absolute Gasteiger partial charge is 0.0351 e.